The normalized spacial score (nSPS) is 11.0. The number of ketones is 1. The third-order valence-electron chi connectivity index (χ3n) is 4.58. The molecule has 2 aromatic heterocycles. The molecule has 27 heavy (non-hydrogen) atoms. The molecular weight excluding hydrogens is 356 g/mol. The van der Waals surface area contributed by atoms with Crippen molar-refractivity contribution in [3.8, 4) is 10.4 Å². The van der Waals surface area contributed by atoms with Crippen LogP contribution in [-0.2, 0) is 6.54 Å². The number of nitrogens with zero attached hydrogens (tertiary/aromatic N) is 2. The van der Waals surface area contributed by atoms with Crippen LogP contribution in [0.25, 0.3) is 20.7 Å². The Morgan fingerprint density at radius 1 is 1.07 bits per heavy atom. The average molecular weight is 374 g/mol. The Balaban J connectivity index is 1.71. The van der Waals surface area contributed by atoms with Gasteiger partial charge in [0.2, 0.25) is 0 Å². The number of aryl methyl sites for hydroxylation is 2. The van der Waals surface area contributed by atoms with Gasteiger partial charge in [-0.2, -0.15) is 0 Å². The van der Waals surface area contributed by atoms with E-state index in [2.05, 4.69) is 4.98 Å². The van der Waals surface area contributed by atoms with Crippen molar-refractivity contribution in [1.82, 2.24) is 9.55 Å². The average Bonchev–Trinajstić information content (AvgIpc) is 3.12. The molecule has 2 aromatic carbocycles. The fraction of sp³-hybridized carbons (Fsp3) is 0.136. The Morgan fingerprint density at radius 2 is 1.85 bits per heavy atom. The van der Waals surface area contributed by atoms with E-state index in [0.717, 1.165) is 21.6 Å². The summed E-state index contributed by atoms with van der Waals surface area (Å²) < 4.78 is 1.40. The van der Waals surface area contributed by atoms with E-state index in [1.54, 1.807) is 0 Å². The lowest BCUT2D eigenvalue weighted by Crippen LogP contribution is -2.24. The van der Waals surface area contributed by atoms with Gasteiger partial charge in [0, 0.05) is 10.4 Å². The van der Waals surface area contributed by atoms with Crippen LogP contribution in [0.15, 0.2) is 65.7 Å². The number of aromatic nitrogens is 2. The first-order chi connectivity index (χ1) is 13.0. The van der Waals surface area contributed by atoms with Gasteiger partial charge in [0.25, 0.3) is 5.56 Å². The zero-order valence-corrected chi connectivity index (χ0v) is 15.9. The van der Waals surface area contributed by atoms with Crippen molar-refractivity contribution in [3.63, 3.8) is 0 Å². The molecule has 0 spiro atoms. The van der Waals surface area contributed by atoms with Crippen LogP contribution in [0.5, 0.6) is 0 Å². The van der Waals surface area contributed by atoms with Crippen molar-refractivity contribution in [2.75, 3.05) is 0 Å². The molecule has 0 atom stereocenters. The highest BCUT2D eigenvalue weighted by Crippen LogP contribution is 2.30. The van der Waals surface area contributed by atoms with Crippen molar-refractivity contribution in [1.29, 1.82) is 0 Å². The number of carbonyl (C=O) groups is 1. The molecule has 0 unspecified atom stereocenters. The maximum Gasteiger partial charge on any atom is 0.262 e. The van der Waals surface area contributed by atoms with Crippen LogP contribution in [0, 0.1) is 13.8 Å². The fourth-order valence-corrected chi connectivity index (χ4v) is 4.09. The van der Waals surface area contributed by atoms with Crippen LogP contribution in [0.2, 0.25) is 0 Å². The lowest BCUT2D eigenvalue weighted by molar-refractivity contribution is 0.0970. The smallest absolute Gasteiger partial charge is 0.262 e. The molecule has 0 saturated heterocycles. The van der Waals surface area contributed by atoms with Gasteiger partial charge in [-0.05, 0) is 37.1 Å². The minimum atomic E-state index is -0.183. The van der Waals surface area contributed by atoms with Crippen molar-refractivity contribution in [2.45, 2.75) is 20.4 Å². The van der Waals surface area contributed by atoms with E-state index in [0.29, 0.717) is 15.8 Å². The van der Waals surface area contributed by atoms with Crippen LogP contribution < -0.4 is 5.56 Å². The summed E-state index contributed by atoms with van der Waals surface area (Å²) in [4.78, 5) is 31.7. The van der Waals surface area contributed by atoms with Crippen LogP contribution in [-0.4, -0.2) is 15.3 Å². The molecule has 0 fully saturated rings. The first-order valence-electron chi connectivity index (χ1n) is 8.68. The molecule has 5 heteroatoms. The molecule has 0 N–H and O–H groups in total. The predicted molar refractivity (Wildman–Crippen MR) is 110 cm³/mol. The van der Waals surface area contributed by atoms with Gasteiger partial charge in [-0.25, -0.2) is 4.98 Å². The monoisotopic (exact) mass is 374 g/mol. The molecule has 0 radical (unpaired) electrons. The predicted octanol–water partition coefficient (Wildman–Crippen LogP) is 4.62. The summed E-state index contributed by atoms with van der Waals surface area (Å²) >= 11 is 1.48. The van der Waals surface area contributed by atoms with E-state index < -0.39 is 0 Å². The quantitative estimate of drug-likeness (QED) is 0.490. The summed E-state index contributed by atoms with van der Waals surface area (Å²) in [5, 5.41) is 0.551. The summed E-state index contributed by atoms with van der Waals surface area (Å²) in [6.07, 6.45) is 1.47. The van der Waals surface area contributed by atoms with Crippen LogP contribution in [0.1, 0.15) is 21.5 Å². The fourth-order valence-electron chi connectivity index (χ4n) is 3.09. The molecule has 4 rings (SSSR count). The van der Waals surface area contributed by atoms with Crippen molar-refractivity contribution < 1.29 is 4.79 Å². The van der Waals surface area contributed by atoms with Crippen molar-refractivity contribution in [3.05, 3.63) is 88.0 Å². The molecule has 0 aliphatic rings. The van der Waals surface area contributed by atoms with Gasteiger partial charge in [0.05, 0.1) is 18.3 Å². The minimum absolute atomic E-state index is 0.0113. The molecular formula is C22H18N2O2S. The zero-order chi connectivity index (χ0) is 19.0. The van der Waals surface area contributed by atoms with E-state index in [4.69, 9.17) is 0 Å². The molecule has 0 aliphatic carbocycles. The third-order valence-corrected chi connectivity index (χ3v) is 5.68. The van der Waals surface area contributed by atoms with E-state index in [1.807, 2.05) is 68.4 Å². The summed E-state index contributed by atoms with van der Waals surface area (Å²) in [6.45, 7) is 3.84. The number of hydrogen-bond acceptors (Lipinski definition) is 4. The summed E-state index contributed by atoms with van der Waals surface area (Å²) in [5.41, 5.74) is 3.46. The van der Waals surface area contributed by atoms with Crippen molar-refractivity contribution >= 4 is 27.3 Å². The molecule has 0 saturated carbocycles. The first-order valence-corrected chi connectivity index (χ1v) is 9.49. The Hall–Kier alpha value is -3.05. The number of hydrogen-bond donors (Lipinski definition) is 0. The molecule has 0 bridgehead atoms. The number of fused-ring (bicyclic) bond motifs is 1. The Morgan fingerprint density at radius 3 is 2.63 bits per heavy atom. The molecule has 4 aromatic rings. The van der Waals surface area contributed by atoms with E-state index in [1.165, 1.54) is 22.2 Å². The third kappa shape index (κ3) is 3.34. The van der Waals surface area contributed by atoms with Gasteiger partial charge in [-0.15, -0.1) is 11.3 Å². The lowest BCUT2D eigenvalue weighted by atomic mass is 10.0. The zero-order valence-electron chi connectivity index (χ0n) is 15.1. The topological polar surface area (TPSA) is 52.0 Å². The summed E-state index contributed by atoms with van der Waals surface area (Å²) in [7, 11) is 0. The second-order valence-electron chi connectivity index (χ2n) is 6.61. The highest BCUT2D eigenvalue weighted by molar-refractivity contribution is 7.21. The molecule has 2 heterocycles. The van der Waals surface area contributed by atoms with Crippen LogP contribution in [0.4, 0.5) is 0 Å². The molecule has 0 aliphatic heterocycles. The molecule has 0 amide bonds. The van der Waals surface area contributed by atoms with Gasteiger partial charge >= 0.3 is 0 Å². The second kappa shape index (κ2) is 6.93. The van der Waals surface area contributed by atoms with Gasteiger partial charge < -0.3 is 0 Å². The number of benzene rings is 2. The Kier molecular flexibility index (Phi) is 4.46. The van der Waals surface area contributed by atoms with Gasteiger partial charge in [0.15, 0.2) is 5.78 Å². The maximum atomic E-state index is 12.9. The second-order valence-corrected chi connectivity index (χ2v) is 7.65. The van der Waals surface area contributed by atoms with E-state index in [-0.39, 0.29) is 17.9 Å². The Labute approximate surface area is 160 Å². The largest absolute Gasteiger partial charge is 0.292 e. The first kappa shape index (κ1) is 17.4. The highest BCUT2D eigenvalue weighted by atomic mass is 32.1. The van der Waals surface area contributed by atoms with Crippen LogP contribution >= 0.6 is 11.3 Å². The maximum absolute atomic E-state index is 12.9. The van der Waals surface area contributed by atoms with Gasteiger partial charge in [0.1, 0.15) is 4.83 Å². The SMILES string of the molecule is Cc1ccc(C)c(C(=O)Cn2cnc3sc(-c4ccccc4)cc3c2=O)c1. The number of carbonyl (C=O) groups excluding carboxylic acids is 1. The Bertz CT molecular complexity index is 1210. The van der Waals surface area contributed by atoms with Gasteiger partial charge in [-0.3, -0.25) is 14.2 Å². The van der Waals surface area contributed by atoms with E-state index in [9.17, 15) is 9.59 Å². The summed E-state index contributed by atoms with van der Waals surface area (Å²) in [5.74, 6) is -0.0852. The number of rotatable bonds is 4. The summed E-state index contributed by atoms with van der Waals surface area (Å²) in [6, 6.07) is 17.5. The van der Waals surface area contributed by atoms with Gasteiger partial charge in [-0.1, -0.05) is 48.0 Å². The minimum Gasteiger partial charge on any atom is -0.292 e. The lowest BCUT2D eigenvalue weighted by Gasteiger charge is -2.08. The standard InChI is InChI=1S/C22H18N2O2S/c1-14-8-9-15(2)17(10-14)19(25)12-24-13-23-21-18(22(24)26)11-20(27-21)16-6-4-3-5-7-16/h3-11,13H,12H2,1-2H3. The van der Waals surface area contributed by atoms with Crippen LogP contribution in [0.3, 0.4) is 0 Å². The molecule has 4 nitrogen and oxygen atoms in total. The number of thiophene rings is 1. The number of Topliss-reactive ketones (excluding diaryl/α,β-unsaturated/α-hetero) is 1. The van der Waals surface area contributed by atoms with Crippen molar-refractivity contribution in [2.24, 2.45) is 0 Å². The molecule has 134 valence electrons. The highest BCUT2D eigenvalue weighted by Gasteiger charge is 2.14. The van der Waals surface area contributed by atoms with E-state index >= 15 is 0 Å².